The number of hydrogen-bond donors (Lipinski definition) is 0. The van der Waals surface area contributed by atoms with E-state index in [0.717, 1.165) is 30.1 Å². The Morgan fingerprint density at radius 3 is 2.61 bits per heavy atom. The molecular formula is C20H24N2O. The third kappa shape index (κ3) is 2.80. The lowest BCUT2D eigenvalue weighted by Gasteiger charge is -2.44. The van der Waals surface area contributed by atoms with Crippen LogP contribution in [0.4, 0.5) is 0 Å². The monoisotopic (exact) mass is 308 g/mol. The van der Waals surface area contributed by atoms with E-state index in [4.69, 9.17) is 0 Å². The summed E-state index contributed by atoms with van der Waals surface area (Å²) in [6.07, 6.45) is 11.6. The van der Waals surface area contributed by atoms with Gasteiger partial charge in [0.1, 0.15) is 0 Å². The van der Waals surface area contributed by atoms with E-state index in [1.807, 2.05) is 42.7 Å². The molecule has 0 N–H and O–H groups in total. The van der Waals surface area contributed by atoms with Crippen molar-refractivity contribution in [2.45, 2.75) is 44.6 Å². The number of rotatable bonds is 2. The van der Waals surface area contributed by atoms with Gasteiger partial charge in [-0.25, -0.2) is 0 Å². The predicted octanol–water partition coefficient (Wildman–Crippen LogP) is 4.27. The zero-order chi connectivity index (χ0) is 15.6. The number of amides is 1. The number of hydrogen-bond acceptors (Lipinski definition) is 1. The van der Waals surface area contributed by atoms with Gasteiger partial charge in [0, 0.05) is 36.2 Å². The fourth-order valence-electron chi connectivity index (χ4n) is 4.35. The first kappa shape index (κ1) is 14.6. The molecule has 23 heavy (non-hydrogen) atoms. The van der Waals surface area contributed by atoms with Crippen LogP contribution >= 0.6 is 0 Å². The molecule has 2 aromatic rings. The summed E-state index contributed by atoms with van der Waals surface area (Å²) in [7, 11) is 0. The van der Waals surface area contributed by atoms with Crippen molar-refractivity contribution in [2.75, 3.05) is 6.54 Å². The maximum absolute atomic E-state index is 13.1. The van der Waals surface area contributed by atoms with Crippen molar-refractivity contribution >= 4 is 5.91 Å². The van der Waals surface area contributed by atoms with Gasteiger partial charge in [0.15, 0.2) is 0 Å². The molecule has 2 atom stereocenters. The van der Waals surface area contributed by atoms with Crippen LogP contribution in [0, 0.1) is 5.92 Å². The highest BCUT2D eigenvalue weighted by molar-refractivity contribution is 5.95. The van der Waals surface area contributed by atoms with Crippen LogP contribution in [0.15, 0.2) is 48.8 Å². The Balaban J connectivity index is 1.60. The third-order valence-electron chi connectivity index (χ3n) is 5.50. The van der Waals surface area contributed by atoms with Gasteiger partial charge in [-0.3, -0.25) is 4.79 Å². The van der Waals surface area contributed by atoms with Crippen molar-refractivity contribution in [1.29, 1.82) is 0 Å². The number of carbonyl (C=O) groups excluding carboxylic acids is 1. The molecule has 1 aliphatic heterocycles. The van der Waals surface area contributed by atoms with Crippen molar-refractivity contribution < 1.29 is 4.79 Å². The highest BCUT2D eigenvalue weighted by atomic mass is 16.2. The van der Waals surface area contributed by atoms with Crippen molar-refractivity contribution in [3.63, 3.8) is 0 Å². The Bertz CT molecular complexity index is 675. The maximum Gasteiger partial charge on any atom is 0.254 e. The SMILES string of the molecule is O=C(c1cccc(-n2cccc2)c1)N1CCC[C@H]2CCCC[C@H]21. The summed E-state index contributed by atoms with van der Waals surface area (Å²) in [5.41, 5.74) is 1.88. The van der Waals surface area contributed by atoms with Gasteiger partial charge in [-0.1, -0.05) is 18.9 Å². The minimum Gasteiger partial charge on any atom is -0.335 e. The van der Waals surface area contributed by atoms with Crippen molar-refractivity contribution in [1.82, 2.24) is 9.47 Å². The quantitative estimate of drug-likeness (QED) is 0.813. The smallest absolute Gasteiger partial charge is 0.254 e. The highest BCUT2D eigenvalue weighted by Gasteiger charge is 2.35. The summed E-state index contributed by atoms with van der Waals surface area (Å²) < 4.78 is 2.05. The van der Waals surface area contributed by atoms with E-state index < -0.39 is 0 Å². The lowest BCUT2D eigenvalue weighted by molar-refractivity contribution is 0.0390. The Morgan fingerprint density at radius 1 is 0.957 bits per heavy atom. The molecule has 2 fully saturated rings. The average molecular weight is 308 g/mol. The molecule has 120 valence electrons. The van der Waals surface area contributed by atoms with Gasteiger partial charge in [0.05, 0.1) is 0 Å². The van der Waals surface area contributed by atoms with Gasteiger partial charge in [-0.05, 0) is 61.9 Å². The number of likely N-dealkylation sites (tertiary alicyclic amines) is 1. The van der Waals surface area contributed by atoms with E-state index in [1.165, 1.54) is 32.1 Å². The summed E-state index contributed by atoms with van der Waals surface area (Å²) in [6, 6.07) is 12.5. The minimum atomic E-state index is 0.218. The maximum atomic E-state index is 13.1. The van der Waals surface area contributed by atoms with Crippen molar-refractivity contribution in [3.05, 3.63) is 54.4 Å². The molecule has 1 aromatic carbocycles. The molecule has 1 aliphatic carbocycles. The molecule has 4 rings (SSSR count). The summed E-state index contributed by atoms with van der Waals surface area (Å²) in [5.74, 6) is 0.949. The van der Waals surface area contributed by atoms with Crippen molar-refractivity contribution in [3.8, 4) is 5.69 Å². The Labute approximate surface area is 137 Å². The zero-order valence-electron chi connectivity index (χ0n) is 13.5. The van der Waals surface area contributed by atoms with Crippen LogP contribution in [0.2, 0.25) is 0 Å². The van der Waals surface area contributed by atoms with Gasteiger partial charge in [-0.2, -0.15) is 0 Å². The van der Waals surface area contributed by atoms with Gasteiger partial charge >= 0.3 is 0 Å². The molecule has 0 radical (unpaired) electrons. The second-order valence-electron chi connectivity index (χ2n) is 6.89. The molecule has 0 spiro atoms. The first-order chi connectivity index (χ1) is 11.3. The average Bonchev–Trinajstić information content (AvgIpc) is 3.15. The summed E-state index contributed by atoms with van der Waals surface area (Å²) in [4.78, 5) is 15.3. The summed E-state index contributed by atoms with van der Waals surface area (Å²) in [5, 5.41) is 0. The summed E-state index contributed by atoms with van der Waals surface area (Å²) in [6.45, 7) is 0.924. The molecule has 1 saturated carbocycles. The van der Waals surface area contributed by atoms with E-state index in [1.54, 1.807) is 0 Å². The van der Waals surface area contributed by atoms with Crippen LogP contribution in [0.25, 0.3) is 5.69 Å². The van der Waals surface area contributed by atoms with Crippen LogP contribution in [-0.4, -0.2) is 28.0 Å². The van der Waals surface area contributed by atoms with E-state index in [0.29, 0.717) is 6.04 Å². The fourth-order valence-corrected chi connectivity index (χ4v) is 4.35. The lowest BCUT2D eigenvalue weighted by atomic mass is 9.78. The minimum absolute atomic E-state index is 0.218. The first-order valence-electron chi connectivity index (χ1n) is 8.87. The van der Waals surface area contributed by atoms with E-state index >= 15 is 0 Å². The van der Waals surface area contributed by atoms with E-state index in [9.17, 15) is 4.79 Å². The van der Waals surface area contributed by atoms with E-state index in [-0.39, 0.29) is 5.91 Å². The normalized spacial score (nSPS) is 24.3. The molecule has 3 nitrogen and oxygen atoms in total. The number of nitrogens with zero attached hydrogens (tertiary/aromatic N) is 2. The number of carbonyl (C=O) groups is 1. The number of piperidine rings is 1. The van der Waals surface area contributed by atoms with Gasteiger partial charge < -0.3 is 9.47 Å². The van der Waals surface area contributed by atoms with Crippen LogP contribution < -0.4 is 0 Å². The molecule has 2 aliphatic rings. The third-order valence-corrected chi connectivity index (χ3v) is 5.50. The van der Waals surface area contributed by atoms with Crippen LogP contribution in [0.1, 0.15) is 48.9 Å². The lowest BCUT2D eigenvalue weighted by Crippen LogP contribution is -2.49. The number of aromatic nitrogens is 1. The summed E-state index contributed by atoms with van der Waals surface area (Å²) >= 11 is 0. The molecule has 0 bridgehead atoms. The topological polar surface area (TPSA) is 25.2 Å². The Morgan fingerprint density at radius 2 is 1.74 bits per heavy atom. The largest absolute Gasteiger partial charge is 0.335 e. The second-order valence-corrected chi connectivity index (χ2v) is 6.89. The Hall–Kier alpha value is -2.03. The van der Waals surface area contributed by atoms with Gasteiger partial charge in [-0.15, -0.1) is 0 Å². The van der Waals surface area contributed by atoms with E-state index in [2.05, 4.69) is 15.5 Å². The molecule has 1 amide bonds. The molecule has 3 heteroatoms. The fraction of sp³-hybridized carbons (Fsp3) is 0.450. The van der Waals surface area contributed by atoms with Gasteiger partial charge in [0.2, 0.25) is 0 Å². The molecule has 1 aromatic heterocycles. The molecule has 0 unspecified atom stereocenters. The highest BCUT2D eigenvalue weighted by Crippen LogP contribution is 2.36. The first-order valence-corrected chi connectivity index (χ1v) is 8.87. The second kappa shape index (κ2) is 6.23. The van der Waals surface area contributed by atoms with Crippen molar-refractivity contribution in [2.24, 2.45) is 5.92 Å². The number of benzene rings is 1. The van der Waals surface area contributed by atoms with Crippen LogP contribution in [0.5, 0.6) is 0 Å². The zero-order valence-corrected chi connectivity index (χ0v) is 13.5. The molecule has 1 saturated heterocycles. The van der Waals surface area contributed by atoms with Gasteiger partial charge in [0.25, 0.3) is 5.91 Å². The standard InChI is InChI=1S/C20H24N2O/c23-20(22-14-6-9-16-7-1-2-11-19(16)22)17-8-5-10-18(15-17)21-12-3-4-13-21/h3-5,8,10,12-13,15-16,19H,1-2,6-7,9,11,14H2/t16-,19-/m1/s1. The van der Waals surface area contributed by atoms with Crippen LogP contribution in [0.3, 0.4) is 0 Å². The van der Waals surface area contributed by atoms with Crippen LogP contribution in [-0.2, 0) is 0 Å². The molecular weight excluding hydrogens is 284 g/mol. The number of fused-ring (bicyclic) bond motifs is 1. The predicted molar refractivity (Wildman–Crippen MR) is 91.8 cm³/mol. The molecule has 2 heterocycles. The Kier molecular flexibility index (Phi) is 3.94.